The normalized spacial score (nSPS) is 13.1. The van der Waals surface area contributed by atoms with E-state index in [0.29, 0.717) is 29.2 Å². The minimum Gasteiger partial charge on any atom is -0.291 e. The lowest BCUT2D eigenvalue weighted by Gasteiger charge is -2.18. The monoisotopic (exact) mass is 517 g/mol. The number of rotatable bonds is 5. The molecule has 1 atom stereocenters. The van der Waals surface area contributed by atoms with Crippen LogP contribution in [-0.2, 0) is 10.0 Å². The molecule has 0 aliphatic rings. The molecule has 4 aromatic rings. The van der Waals surface area contributed by atoms with Crippen LogP contribution in [0.4, 0.5) is 17.6 Å². The fraction of sp³-hybridized carbons (Fsp3) is 0.208. The molecule has 0 unspecified atom stereocenters. The smallest absolute Gasteiger partial charge is 0.291 e. The molecule has 1 aromatic carbocycles. The number of nitriles is 1. The Bertz CT molecular complexity index is 1620. The fourth-order valence-corrected chi connectivity index (χ4v) is 5.21. The summed E-state index contributed by atoms with van der Waals surface area (Å²) >= 11 is 0. The van der Waals surface area contributed by atoms with Crippen molar-refractivity contribution >= 4 is 20.9 Å². The molecule has 0 aliphatic heterocycles. The lowest BCUT2D eigenvalue weighted by atomic mass is 10.1. The molecular formula is C24H19F4N5O2S. The first-order valence-corrected chi connectivity index (χ1v) is 12.1. The van der Waals surface area contributed by atoms with Gasteiger partial charge in [-0.3, -0.25) is 9.55 Å². The van der Waals surface area contributed by atoms with Gasteiger partial charge in [0.25, 0.3) is 0 Å². The van der Waals surface area contributed by atoms with Crippen LogP contribution in [0.1, 0.15) is 23.6 Å². The van der Waals surface area contributed by atoms with Gasteiger partial charge in [-0.1, -0.05) is 6.07 Å². The van der Waals surface area contributed by atoms with Crippen LogP contribution in [0.15, 0.2) is 53.7 Å². The van der Waals surface area contributed by atoms with Crippen LogP contribution >= 0.6 is 0 Å². The number of aryl methyl sites for hydroxylation is 2. The summed E-state index contributed by atoms with van der Waals surface area (Å²) in [6, 6.07) is 9.02. The van der Waals surface area contributed by atoms with Crippen LogP contribution in [0.2, 0.25) is 0 Å². The molecule has 0 aliphatic carbocycles. The zero-order valence-electron chi connectivity index (χ0n) is 19.2. The van der Waals surface area contributed by atoms with Crippen LogP contribution in [0.5, 0.6) is 0 Å². The Labute approximate surface area is 204 Å². The van der Waals surface area contributed by atoms with E-state index in [1.807, 2.05) is 0 Å². The number of hydrogen-bond acceptors (Lipinski definition) is 5. The maximum Gasteiger partial charge on any atom is 0.404 e. The van der Waals surface area contributed by atoms with Crippen molar-refractivity contribution in [2.75, 3.05) is 0 Å². The molecule has 1 N–H and O–H groups in total. The van der Waals surface area contributed by atoms with Crippen LogP contribution in [0.3, 0.4) is 0 Å². The van der Waals surface area contributed by atoms with E-state index >= 15 is 0 Å². The Morgan fingerprint density at radius 2 is 1.83 bits per heavy atom. The number of halogens is 4. The molecule has 4 rings (SSSR count). The van der Waals surface area contributed by atoms with Crippen molar-refractivity contribution in [1.29, 1.82) is 5.26 Å². The predicted octanol–water partition coefficient (Wildman–Crippen LogP) is 4.94. The highest BCUT2D eigenvalue weighted by atomic mass is 32.2. The van der Waals surface area contributed by atoms with Crippen molar-refractivity contribution in [3.05, 3.63) is 71.3 Å². The molecule has 0 bridgehead atoms. The van der Waals surface area contributed by atoms with Gasteiger partial charge >= 0.3 is 6.18 Å². The van der Waals surface area contributed by atoms with Crippen molar-refractivity contribution in [3.8, 4) is 23.3 Å². The Morgan fingerprint density at radius 3 is 2.42 bits per heavy atom. The third-order valence-electron chi connectivity index (χ3n) is 5.66. The second-order valence-electron chi connectivity index (χ2n) is 8.20. The van der Waals surface area contributed by atoms with Gasteiger partial charge in [0.1, 0.15) is 28.6 Å². The van der Waals surface area contributed by atoms with E-state index in [2.05, 4.69) is 16.0 Å². The molecule has 36 heavy (non-hydrogen) atoms. The van der Waals surface area contributed by atoms with Gasteiger partial charge in [-0.05, 0) is 62.2 Å². The third-order valence-corrected chi connectivity index (χ3v) is 7.33. The number of pyridine rings is 2. The lowest BCUT2D eigenvalue weighted by molar-refractivity contribution is -0.147. The summed E-state index contributed by atoms with van der Waals surface area (Å²) in [5.41, 5.74) is 1.40. The largest absolute Gasteiger partial charge is 0.404 e. The highest BCUT2D eigenvalue weighted by Crippen LogP contribution is 2.37. The lowest BCUT2D eigenvalue weighted by Crippen LogP contribution is -2.43. The Balaban J connectivity index is 1.95. The number of nitrogens with one attached hydrogen (secondary N) is 1. The predicted molar refractivity (Wildman–Crippen MR) is 124 cm³/mol. The van der Waals surface area contributed by atoms with E-state index in [0.717, 1.165) is 6.20 Å². The Hall–Kier alpha value is -3.82. The van der Waals surface area contributed by atoms with Crippen LogP contribution in [-0.4, -0.2) is 35.2 Å². The number of hydrogen-bond donors (Lipinski definition) is 1. The summed E-state index contributed by atoms with van der Waals surface area (Å²) in [7, 11) is -4.55. The average molecular weight is 518 g/mol. The maximum atomic E-state index is 14.4. The van der Waals surface area contributed by atoms with E-state index in [1.54, 1.807) is 40.5 Å². The Kier molecular flexibility index (Phi) is 6.32. The summed E-state index contributed by atoms with van der Waals surface area (Å²) in [5.74, 6) is -0.110. The zero-order chi connectivity index (χ0) is 26.4. The topological polar surface area (TPSA) is 101 Å². The summed E-state index contributed by atoms with van der Waals surface area (Å²) in [6.07, 6.45) is -2.30. The van der Waals surface area contributed by atoms with Crippen LogP contribution in [0, 0.1) is 31.0 Å². The molecule has 7 nitrogen and oxygen atoms in total. The van der Waals surface area contributed by atoms with Gasteiger partial charge in [0.15, 0.2) is 0 Å². The molecule has 3 heterocycles. The number of alkyl halides is 3. The molecule has 0 fully saturated rings. The van der Waals surface area contributed by atoms with Gasteiger partial charge in [-0.25, -0.2) is 17.8 Å². The molecule has 0 saturated carbocycles. The molecular weight excluding hydrogens is 498 g/mol. The minimum absolute atomic E-state index is 0.0841. The van der Waals surface area contributed by atoms with Crippen molar-refractivity contribution in [3.63, 3.8) is 0 Å². The minimum atomic E-state index is -4.77. The summed E-state index contributed by atoms with van der Waals surface area (Å²) in [4.78, 5) is 8.08. The molecule has 12 heteroatoms. The fourth-order valence-electron chi connectivity index (χ4n) is 3.81. The number of benzene rings is 1. The molecule has 0 amide bonds. The first kappa shape index (κ1) is 25.3. The summed E-state index contributed by atoms with van der Waals surface area (Å²) in [6.45, 7) is 3.68. The number of sulfonamides is 1. The van der Waals surface area contributed by atoms with E-state index in [-0.39, 0.29) is 22.5 Å². The first-order chi connectivity index (χ1) is 16.8. The van der Waals surface area contributed by atoms with E-state index < -0.39 is 33.0 Å². The number of fused-ring (bicyclic) bond motifs is 1. The molecule has 0 saturated heterocycles. The van der Waals surface area contributed by atoms with Crippen LogP contribution < -0.4 is 4.72 Å². The van der Waals surface area contributed by atoms with E-state index in [4.69, 9.17) is 0 Å². The van der Waals surface area contributed by atoms with Gasteiger partial charge in [-0.15, -0.1) is 0 Å². The highest BCUT2D eigenvalue weighted by Gasteiger charge is 2.39. The van der Waals surface area contributed by atoms with Gasteiger partial charge < -0.3 is 0 Å². The molecule has 0 radical (unpaired) electrons. The second kappa shape index (κ2) is 9.00. The first-order valence-electron chi connectivity index (χ1n) is 10.6. The van der Waals surface area contributed by atoms with Crippen molar-refractivity contribution in [2.24, 2.45) is 0 Å². The van der Waals surface area contributed by atoms with Crippen molar-refractivity contribution in [1.82, 2.24) is 19.3 Å². The maximum absolute atomic E-state index is 14.4. The standard InChI is InChI=1S/C24H19F4N5O2S/c1-13-9-20-16(10-18(13)25)17(11-29)23(33(20)22-6-4-5-7-30-22)19-8-14(2)21(12-31-19)36(34,35)32-15(3)24(26,27)28/h4-10,12,15,32H,1-3H3/t15-/m0/s1. The van der Waals surface area contributed by atoms with Gasteiger partial charge in [0.05, 0.1) is 22.5 Å². The van der Waals surface area contributed by atoms with Crippen LogP contribution in [0.25, 0.3) is 28.1 Å². The third kappa shape index (κ3) is 4.43. The van der Waals surface area contributed by atoms with Gasteiger partial charge in [0.2, 0.25) is 10.0 Å². The molecule has 186 valence electrons. The molecule has 0 spiro atoms. The van der Waals surface area contributed by atoms with Crippen molar-refractivity contribution in [2.45, 2.75) is 37.9 Å². The quantitative estimate of drug-likeness (QED) is 0.378. The van der Waals surface area contributed by atoms with E-state index in [9.17, 15) is 31.2 Å². The summed E-state index contributed by atoms with van der Waals surface area (Å²) < 4.78 is 81.7. The number of aromatic nitrogens is 3. The summed E-state index contributed by atoms with van der Waals surface area (Å²) in [5, 5.41) is 10.3. The van der Waals surface area contributed by atoms with Gasteiger partial charge in [-0.2, -0.15) is 23.2 Å². The zero-order valence-corrected chi connectivity index (χ0v) is 20.0. The Morgan fingerprint density at radius 1 is 1.11 bits per heavy atom. The van der Waals surface area contributed by atoms with Gasteiger partial charge in [0, 0.05) is 17.8 Å². The van der Waals surface area contributed by atoms with Crippen molar-refractivity contribution < 1.29 is 26.0 Å². The average Bonchev–Trinajstić information content (AvgIpc) is 3.11. The van der Waals surface area contributed by atoms with E-state index in [1.165, 1.54) is 25.3 Å². The SMILES string of the molecule is Cc1cc2c(cc1F)c(C#N)c(-c1cc(C)c(S(=O)(=O)N[C@@H](C)C(F)(F)F)cn1)n2-c1ccccn1. The second-order valence-corrected chi connectivity index (χ2v) is 9.88. The number of nitrogens with zero attached hydrogens (tertiary/aromatic N) is 4. The molecule has 3 aromatic heterocycles. The highest BCUT2D eigenvalue weighted by molar-refractivity contribution is 7.89.